The molecule has 1 unspecified atom stereocenters. The van der Waals surface area contributed by atoms with E-state index in [0.717, 1.165) is 24.1 Å². The number of hydrazone groups is 1. The smallest absolute Gasteiger partial charge is 0.433 e. The van der Waals surface area contributed by atoms with Crippen LogP contribution in [0, 0.1) is 10.1 Å². The summed E-state index contributed by atoms with van der Waals surface area (Å²) in [5, 5.41) is 15.8. The Bertz CT molecular complexity index is 650. The summed E-state index contributed by atoms with van der Waals surface area (Å²) in [7, 11) is 2.20. The van der Waals surface area contributed by atoms with Gasteiger partial charge in [0.2, 0.25) is 0 Å². The minimum absolute atomic E-state index is 0.191. The summed E-state index contributed by atoms with van der Waals surface area (Å²) in [6.07, 6.45) is 4.27. The highest BCUT2D eigenvalue weighted by molar-refractivity contribution is 5.78. The number of hydrogen-bond donors (Lipinski definition) is 0. The molecule has 1 amide bonds. The molecule has 0 aliphatic carbocycles. The molecule has 2 saturated heterocycles. The molecule has 0 bridgehead atoms. The summed E-state index contributed by atoms with van der Waals surface area (Å²) in [4.78, 5) is 21.9. The second-order valence-electron chi connectivity index (χ2n) is 6.58. The second-order valence-corrected chi connectivity index (χ2v) is 6.58. The first kappa shape index (κ1) is 16.4. The zero-order valence-electron chi connectivity index (χ0n) is 13.6. The highest BCUT2D eigenvalue weighted by Gasteiger charge is 2.37. The van der Waals surface area contributed by atoms with Gasteiger partial charge in [-0.3, -0.25) is 10.1 Å². The van der Waals surface area contributed by atoms with E-state index >= 15 is 0 Å². The molecular weight excluding hydrogens is 316 g/mol. The molecule has 1 aromatic heterocycles. The monoisotopic (exact) mass is 337 g/mol. The first-order chi connectivity index (χ1) is 11.5. The number of piperidine rings is 1. The van der Waals surface area contributed by atoms with Gasteiger partial charge in [0.25, 0.3) is 0 Å². The summed E-state index contributed by atoms with van der Waals surface area (Å²) in [6, 6.07) is 2.67. The van der Waals surface area contributed by atoms with Crippen molar-refractivity contribution in [3.8, 4) is 0 Å². The molecule has 2 aliphatic heterocycles. The van der Waals surface area contributed by atoms with Crippen molar-refractivity contribution in [2.24, 2.45) is 5.10 Å². The lowest BCUT2D eigenvalue weighted by molar-refractivity contribution is -0.916. The van der Waals surface area contributed by atoms with Gasteiger partial charge in [0.15, 0.2) is 11.9 Å². The van der Waals surface area contributed by atoms with Crippen molar-refractivity contribution >= 4 is 18.2 Å². The van der Waals surface area contributed by atoms with Crippen molar-refractivity contribution in [3.63, 3.8) is 0 Å². The zero-order chi connectivity index (χ0) is 17.2. The minimum atomic E-state index is -0.625. The fraction of sp³-hybridized carbons (Fsp3) is 0.600. The number of likely N-dealkylation sites (tertiary alicyclic amines) is 1. The van der Waals surface area contributed by atoms with Crippen molar-refractivity contribution in [2.75, 3.05) is 33.2 Å². The maximum Gasteiger partial charge on any atom is 0.433 e. The Balaban J connectivity index is 1.58. The normalized spacial score (nSPS) is 23.6. The summed E-state index contributed by atoms with van der Waals surface area (Å²) in [6.45, 7) is 3.37. The Morgan fingerprint density at radius 2 is 2.17 bits per heavy atom. The van der Waals surface area contributed by atoms with Gasteiger partial charge in [-0.25, -0.2) is 4.79 Å². The highest BCUT2D eigenvalue weighted by Crippen LogP contribution is 2.21. The molecule has 9 nitrogen and oxygen atoms in total. The Kier molecular flexibility index (Phi) is 4.52. The van der Waals surface area contributed by atoms with E-state index in [0.29, 0.717) is 6.54 Å². The number of carbonyl (C=O) groups is 1. The van der Waals surface area contributed by atoms with Crippen LogP contribution in [0.5, 0.6) is 0 Å². The van der Waals surface area contributed by atoms with Crippen molar-refractivity contribution < 1.29 is 23.4 Å². The van der Waals surface area contributed by atoms with Crippen LogP contribution in [0.25, 0.3) is 0 Å². The van der Waals surface area contributed by atoms with Crippen LogP contribution < -0.4 is 0 Å². The third-order valence-corrected chi connectivity index (χ3v) is 4.51. The van der Waals surface area contributed by atoms with Crippen LogP contribution >= 0.6 is 0 Å². The molecular formula is C15H21N4O5+. The number of cyclic esters (lactones) is 1. The van der Waals surface area contributed by atoms with Crippen LogP contribution in [0.1, 0.15) is 25.0 Å². The number of ether oxygens (including phenoxy) is 1. The Morgan fingerprint density at radius 1 is 1.42 bits per heavy atom. The number of amides is 1. The average Bonchev–Trinajstić information content (AvgIpc) is 3.12. The van der Waals surface area contributed by atoms with Crippen LogP contribution in [-0.2, 0) is 4.74 Å². The van der Waals surface area contributed by atoms with Crippen LogP contribution in [0.15, 0.2) is 21.7 Å². The van der Waals surface area contributed by atoms with Gasteiger partial charge in [-0.2, -0.15) is 10.1 Å². The van der Waals surface area contributed by atoms with E-state index in [2.05, 4.69) is 12.1 Å². The molecule has 1 aromatic rings. The van der Waals surface area contributed by atoms with Gasteiger partial charge >= 0.3 is 12.0 Å². The Labute approximate surface area is 139 Å². The largest absolute Gasteiger partial charge is 0.437 e. The van der Waals surface area contributed by atoms with E-state index in [-0.39, 0.29) is 17.7 Å². The number of nitro groups is 1. The average molecular weight is 337 g/mol. The summed E-state index contributed by atoms with van der Waals surface area (Å²) in [5.74, 6) is -0.145. The molecule has 3 rings (SSSR count). The van der Waals surface area contributed by atoms with Gasteiger partial charge < -0.3 is 13.6 Å². The van der Waals surface area contributed by atoms with E-state index in [1.807, 2.05) is 0 Å². The lowest BCUT2D eigenvalue weighted by Gasteiger charge is -2.38. The molecule has 0 spiro atoms. The summed E-state index contributed by atoms with van der Waals surface area (Å²) < 4.78 is 11.3. The molecule has 130 valence electrons. The summed E-state index contributed by atoms with van der Waals surface area (Å²) >= 11 is 0. The van der Waals surface area contributed by atoms with Gasteiger partial charge in [-0.15, -0.1) is 0 Å². The SMILES string of the molecule is C[N+]1(CC2CN(N=Cc3ccc([N+](=O)[O-])o3)C(=O)O2)CCCCC1. The fourth-order valence-corrected chi connectivity index (χ4v) is 3.28. The maximum absolute atomic E-state index is 11.9. The van der Waals surface area contributed by atoms with Crippen LogP contribution in [0.2, 0.25) is 0 Å². The van der Waals surface area contributed by atoms with Gasteiger partial charge in [0.1, 0.15) is 11.5 Å². The van der Waals surface area contributed by atoms with Gasteiger partial charge in [-0.05, 0) is 25.3 Å². The quantitative estimate of drug-likeness (QED) is 0.354. The number of nitrogens with zero attached hydrogens (tertiary/aromatic N) is 4. The van der Waals surface area contributed by atoms with E-state index in [9.17, 15) is 14.9 Å². The third kappa shape index (κ3) is 3.73. The standard InChI is InChI=1S/C15H21N4O5/c1-19(7-3-2-4-8-19)11-13-10-17(15(20)24-13)16-9-12-5-6-14(23-12)18(21)22/h5-6,9,13H,2-4,7-8,10-11H2,1H3/q+1. The van der Waals surface area contributed by atoms with E-state index in [4.69, 9.17) is 9.15 Å². The first-order valence-corrected chi connectivity index (χ1v) is 8.05. The minimum Gasteiger partial charge on any atom is -0.437 e. The lowest BCUT2D eigenvalue weighted by atomic mass is 10.1. The Hall–Kier alpha value is -2.42. The molecule has 1 atom stereocenters. The Morgan fingerprint density at radius 3 is 2.83 bits per heavy atom. The number of hydrogen-bond acceptors (Lipinski definition) is 6. The molecule has 0 radical (unpaired) electrons. The summed E-state index contributed by atoms with van der Waals surface area (Å²) in [5.41, 5.74) is 0. The number of rotatable bonds is 5. The molecule has 2 aliphatic rings. The lowest BCUT2D eigenvalue weighted by Crippen LogP contribution is -2.52. The predicted octanol–water partition coefficient (Wildman–Crippen LogP) is 1.97. The van der Waals surface area contributed by atoms with E-state index in [1.165, 1.54) is 42.6 Å². The molecule has 0 aromatic carbocycles. The molecule has 9 heteroatoms. The van der Waals surface area contributed by atoms with Crippen LogP contribution in [0.3, 0.4) is 0 Å². The third-order valence-electron chi connectivity index (χ3n) is 4.51. The number of quaternary nitrogens is 1. The van der Waals surface area contributed by atoms with Crippen molar-refractivity contribution in [3.05, 3.63) is 28.0 Å². The number of likely N-dealkylation sites (N-methyl/N-ethyl adjacent to an activating group) is 1. The number of carbonyl (C=O) groups excluding carboxylic acids is 1. The molecule has 3 heterocycles. The molecule has 0 saturated carbocycles. The van der Waals surface area contributed by atoms with Crippen molar-refractivity contribution in [1.82, 2.24) is 5.01 Å². The topological polar surface area (TPSA) is 98.2 Å². The van der Waals surface area contributed by atoms with Gasteiger partial charge in [0.05, 0.1) is 39.0 Å². The van der Waals surface area contributed by atoms with Gasteiger partial charge in [0, 0.05) is 0 Å². The van der Waals surface area contributed by atoms with E-state index < -0.39 is 11.0 Å². The van der Waals surface area contributed by atoms with E-state index in [1.54, 1.807) is 0 Å². The van der Waals surface area contributed by atoms with Crippen molar-refractivity contribution in [1.29, 1.82) is 0 Å². The van der Waals surface area contributed by atoms with Crippen molar-refractivity contribution in [2.45, 2.75) is 25.4 Å². The zero-order valence-corrected chi connectivity index (χ0v) is 13.6. The molecule has 0 N–H and O–H groups in total. The molecule has 2 fully saturated rings. The van der Waals surface area contributed by atoms with Crippen LogP contribution in [-0.4, -0.2) is 66.1 Å². The fourth-order valence-electron chi connectivity index (χ4n) is 3.28. The maximum atomic E-state index is 11.9. The second kappa shape index (κ2) is 6.60. The van der Waals surface area contributed by atoms with Gasteiger partial charge in [-0.1, -0.05) is 0 Å². The number of furan rings is 1. The molecule has 24 heavy (non-hydrogen) atoms. The highest BCUT2D eigenvalue weighted by atomic mass is 16.6. The van der Waals surface area contributed by atoms with Crippen LogP contribution in [0.4, 0.5) is 10.7 Å². The predicted molar refractivity (Wildman–Crippen MR) is 84.6 cm³/mol. The first-order valence-electron chi connectivity index (χ1n) is 8.05.